The number of carbonyl (C=O) groups is 3. The van der Waals surface area contributed by atoms with Gasteiger partial charge in [-0.3, -0.25) is 9.59 Å². The molecule has 13 nitrogen and oxygen atoms in total. The van der Waals surface area contributed by atoms with Crippen molar-refractivity contribution in [3.63, 3.8) is 0 Å². The van der Waals surface area contributed by atoms with Gasteiger partial charge in [-0.1, -0.05) is 55.5 Å². The van der Waals surface area contributed by atoms with E-state index in [1.165, 1.54) is 7.11 Å². The highest BCUT2D eigenvalue weighted by Crippen LogP contribution is 2.38. The molecule has 5 heterocycles. The van der Waals surface area contributed by atoms with E-state index in [2.05, 4.69) is 20.3 Å². The van der Waals surface area contributed by atoms with Gasteiger partial charge in [-0.25, -0.2) is 14.8 Å². The molecule has 3 saturated heterocycles. The van der Waals surface area contributed by atoms with Crippen molar-refractivity contribution in [3.8, 4) is 33.6 Å². The van der Waals surface area contributed by atoms with E-state index in [4.69, 9.17) is 19.2 Å². The number of carbonyl (C=O) groups excluding carboxylic acids is 3. The van der Waals surface area contributed by atoms with Crippen LogP contribution in [0.4, 0.5) is 9.18 Å². The Hall–Kier alpha value is -5.08. The van der Waals surface area contributed by atoms with Crippen molar-refractivity contribution >= 4 is 17.9 Å². The summed E-state index contributed by atoms with van der Waals surface area (Å²) in [5.74, 6) is 0.826. The molecule has 3 fully saturated rings. The Balaban J connectivity index is 1.00. The number of benzene rings is 2. The number of rotatable bonds is 13. The predicted octanol–water partition coefficient (Wildman–Crippen LogP) is 7.03. The molecule has 7 rings (SSSR count). The molecule has 0 spiro atoms. The van der Waals surface area contributed by atoms with Gasteiger partial charge in [0.05, 0.1) is 31.6 Å². The van der Waals surface area contributed by atoms with Crippen LogP contribution in [-0.2, 0) is 30.3 Å². The van der Waals surface area contributed by atoms with Gasteiger partial charge >= 0.3 is 6.09 Å². The van der Waals surface area contributed by atoms with Crippen LogP contribution in [0.1, 0.15) is 82.9 Å². The van der Waals surface area contributed by atoms with Gasteiger partial charge in [0, 0.05) is 51.0 Å². The molecule has 3 aliphatic rings. The smallest absolute Gasteiger partial charge is 0.407 e. The van der Waals surface area contributed by atoms with Crippen molar-refractivity contribution in [2.24, 2.45) is 11.8 Å². The minimum atomic E-state index is -0.707. The normalized spacial score (nSPS) is 19.7. The van der Waals surface area contributed by atoms with Crippen LogP contribution >= 0.6 is 0 Å². The van der Waals surface area contributed by atoms with Crippen molar-refractivity contribution < 1.29 is 33.0 Å². The predicted molar refractivity (Wildman–Crippen MR) is 212 cm³/mol. The largest absolute Gasteiger partial charge is 0.453 e. The molecule has 2 unspecified atom stereocenters. The number of imidazole rings is 2. The van der Waals surface area contributed by atoms with Gasteiger partial charge in [0.2, 0.25) is 17.8 Å². The third-order valence-corrected chi connectivity index (χ3v) is 11.7. The van der Waals surface area contributed by atoms with Crippen LogP contribution in [0.15, 0.2) is 54.7 Å². The summed E-state index contributed by atoms with van der Waals surface area (Å²) in [7, 11) is 1.30. The van der Waals surface area contributed by atoms with Crippen LogP contribution in [0.25, 0.3) is 33.6 Å². The quantitative estimate of drug-likeness (QED) is 0.131. The summed E-state index contributed by atoms with van der Waals surface area (Å²) in [6.07, 6.45) is 7.17. The number of methoxy groups -OCH3 is 1. The molecule has 3 atom stereocenters. The number of hydrogen-bond donors (Lipinski definition) is 3. The fraction of sp³-hybridized carbons (Fsp3) is 0.512. The fourth-order valence-corrected chi connectivity index (χ4v) is 8.45. The lowest BCUT2D eigenvalue weighted by molar-refractivity contribution is -0.138. The number of amides is 3. The minimum Gasteiger partial charge on any atom is -0.453 e. The number of H-pyrrole nitrogens is 2. The summed E-state index contributed by atoms with van der Waals surface area (Å²) in [4.78, 5) is 58.8. The Bertz CT molecular complexity index is 1970. The molecule has 3 N–H and O–H groups in total. The molecule has 2 aromatic carbocycles. The average molecular weight is 784 g/mol. The van der Waals surface area contributed by atoms with E-state index < -0.39 is 18.1 Å². The number of alkyl carbamates (subject to hydrolysis) is 1. The first-order valence-electron chi connectivity index (χ1n) is 20.3. The highest BCUT2D eigenvalue weighted by molar-refractivity contribution is 5.87. The second kappa shape index (κ2) is 18.5. The van der Waals surface area contributed by atoms with Gasteiger partial charge in [0.25, 0.3) is 0 Å². The van der Waals surface area contributed by atoms with E-state index >= 15 is 4.39 Å². The Kier molecular flexibility index (Phi) is 13.0. The molecule has 57 heavy (non-hydrogen) atoms. The average Bonchev–Trinajstić information content (AvgIpc) is 3.98. The zero-order valence-electron chi connectivity index (χ0n) is 33.1. The molecule has 0 bridgehead atoms. The van der Waals surface area contributed by atoms with Crippen molar-refractivity contribution in [2.45, 2.75) is 89.9 Å². The number of ether oxygens (including phenoxy) is 3. The number of aromatic amines is 2. The summed E-state index contributed by atoms with van der Waals surface area (Å²) in [5.41, 5.74) is 4.61. The second-order valence-corrected chi connectivity index (χ2v) is 15.5. The van der Waals surface area contributed by atoms with Gasteiger partial charge in [0.15, 0.2) is 0 Å². The van der Waals surface area contributed by atoms with Gasteiger partial charge in [-0.05, 0) is 80.4 Å². The zero-order chi connectivity index (χ0) is 39.9. The number of nitrogens with zero attached hydrogens (tertiary/aromatic N) is 4. The molecular formula is C43H54FN7O6. The minimum absolute atomic E-state index is 0.0193. The van der Waals surface area contributed by atoms with E-state index in [9.17, 15) is 14.4 Å². The summed E-state index contributed by atoms with van der Waals surface area (Å²) < 4.78 is 31.1. The molecular weight excluding hydrogens is 730 g/mol. The second-order valence-electron chi connectivity index (χ2n) is 15.5. The van der Waals surface area contributed by atoms with Crippen molar-refractivity contribution in [3.05, 3.63) is 72.3 Å². The van der Waals surface area contributed by atoms with E-state index in [1.807, 2.05) is 67.3 Å². The zero-order valence-corrected chi connectivity index (χ0v) is 33.1. The first kappa shape index (κ1) is 40.1. The molecule has 0 aliphatic carbocycles. The van der Waals surface area contributed by atoms with Crippen LogP contribution in [0.2, 0.25) is 0 Å². The van der Waals surface area contributed by atoms with Crippen LogP contribution in [0.3, 0.4) is 0 Å². The lowest BCUT2D eigenvalue weighted by Gasteiger charge is -2.36. The lowest BCUT2D eigenvalue weighted by atomic mass is 9.90. The number of halogens is 1. The summed E-state index contributed by atoms with van der Waals surface area (Å²) >= 11 is 0. The third-order valence-electron chi connectivity index (χ3n) is 11.7. The number of aromatic nitrogens is 4. The molecule has 2 aromatic heterocycles. The number of likely N-dealkylation sites (tertiary alicyclic amines) is 1. The molecule has 3 amide bonds. The highest BCUT2D eigenvalue weighted by atomic mass is 19.1. The maximum Gasteiger partial charge on any atom is 0.407 e. The number of nitrogens with one attached hydrogen (secondary N) is 3. The van der Waals surface area contributed by atoms with Gasteiger partial charge in [-0.2, -0.15) is 4.39 Å². The summed E-state index contributed by atoms with van der Waals surface area (Å²) in [6, 6.07) is 14.7. The van der Waals surface area contributed by atoms with Gasteiger partial charge in [0.1, 0.15) is 23.4 Å². The van der Waals surface area contributed by atoms with E-state index in [0.717, 1.165) is 54.5 Å². The van der Waals surface area contributed by atoms with Crippen LogP contribution < -0.4 is 5.32 Å². The maximum absolute atomic E-state index is 15.2. The SMILES string of the molecule is CCCN(Cc1nc(-c2ccc(-c3ccc(-c4cnc([C@@H]5CCC(C)N5C(=O)C(NC(=O)OC)C5CCOCC5)[nH]4)cc3)cc2)c(F)[nH]1)C(=O)CC1CCOCC1. The van der Waals surface area contributed by atoms with Crippen LogP contribution in [0.5, 0.6) is 0 Å². The number of hydrogen-bond acceptors (Lipinski definition) is 8. The maximum atomic E-state index is 15.2. The molecule has 0 saturated carbocycles. The Morgan fingerprint density at radius 2 is 1.54 bits per heavy atom. The first-order valence-corrected chi connectivity index (χ1v) is 20.3. The van der Waals surface area contributed by atoms with Gasteiger partial charge < -0.3 is 39.3 Å². The highest BCUT2D eigenvalue weighted by Gasteiger charge is 2.43. The molecule has 3 aliphatic heterocycles. The monoisotopic (exact) mass is 783 g/mol. The molecule has 0 radical (unpaired) electrons. The van der Waals surface area contributed by atoms with Crippen LogP contribution in [0, 0.1) is 17.8 Å². The lowest BCUT2D eigenvalue weighted by Crippen LogP contribution is -2.54. The topological polar surface area (TPSA) is 155 Å². The summed E-state index contributed by atoms with van der Waals surface area (Å²) in [6.45, 7) is 7.37. The summed E-state index contributed by atoms with van der Waals surface area (Å²) in [5, 5.41) is 2.82. The standard InChI is InChI=1S/C43H54FN7O6/c1-4-19-50(37(52)24-28-15-20-56-21-16-28)26-36-47-38(40(44)48-36)32-12-8-30(9-13-32)29-6-10-31(11-7-29)34-25-45-41(46-34)35-14-5-27(2)51(35)42(53)39(49-43(54)55-3)33-17-22-57-23-18-33/h6-13,25,27-28,33,35,39H,4-5,14-24,26H2,1-3H3,(H,45,46)(H,47,48)(H,49,54)/t27?,35-,39?/m0/s1. The Labute approximate surface area is 333 Å². The van der Waals surface area contributed by atoms with E-state index in [1.54, 1.807) is 11.1 Å². The Morgan fingerprint density at radius 3 is 2.19 bits per heavy atom. The Morgan fingerprint density at radius 1 is 0.912 bits per heavy atom. The van der Waals surface area contributed by atoms with Crippen molar-refractivity contribution in [2.75, 3.05) is 40.1 Å². The van der Waals surface area contributed by atoms with Crippen molar-refractivity contribution in [1.82, 2.24) is 35.1 Å². The molecule has 4 aromatic rings. The third kappa shape index (κ3) is 9.39. The molecule has 304 valence electrons. The fourth-order valence-electron chi connectivity index (χ4n) is 8.45. The van der Waals surface area contributed by atoms with E-state index in [-0.39, 0.29) is 42.1 Å². The van der Waals surface area contributed by atoms with Gasteiger partial charge in [-0.15, -0.1) is 0 Å². The molecule has 14 heteroatoms. The van der Waals surface area contributed by atoms with E-state index in [0.29, 0.717) is 75.4 Å². The first-order chi connectivity index (χ1) is 27.7. The van der Waals surface area contributed by atoms with Crippen LogP contribution in [-0.4, -0.2) is 99.8 Å². The van der Waals surface area contributed by atoms with Crippen molar-refractivity contribution in [1.29, 1.82) is 0 Å².